The van der Waals surface area contributed by atoms with Gasteiger partial charge in [-0.15, -0.1) is 0 Å². The number of nitrogen functional groups attached to an aromatic ring is 1. The van der Waals surface area contributed by atoms with E-state index in [4.69, 9.17) is 5.84 Å². The molecule has 1 rings (SSSR count). The van der Waals surface area contributed by atoms with Gasteiger partial charge in [0.25, 0.3) is 0 Å². The first kappa shape index (κ1) is 8.68. The van der Waals surface area contributed by atoms with Crippen molar-refractivity contribution in [2.45, 2.75) is 6.92 Å². The summed E-state index contributed by atoms with van der Waals surface area (Å²) in [4.78, 5) is 0. The molecule has 0 bridgehead atoms. The summed E-state index contributed by atoms with van der Waals surface area (Å²) in [5.41, 5.74) is 1.06. The number of aromatic nitrogens is 1. The summed E-state index contributed by atoms with van der Waals surface area (Å²) >= 11 is 0. The van der Waals surface area contributed by atoms with Crippen molar-refractivity contribution in [3.63, 3.8) is 0 Å². The molecule has 0 aromatic carbocycles. The van der Waals surface area contributed by atoms with Crippen LogP contribution >= 0.6 is 0 Å². The van der Waals surface area contributed by atoms with Crippen LogP contribution in [0.4, 0.5) is 0 Å². The van der Waals surface area contributed by atoms with Crippen molar-refractivity contribution < 1.29 is 28.7 Å². The first-order chi connectivity index (χ1) is 3.80. The van der Waals surface area contributed by atoms with E-state index in [1.165, 1.54) is 0 Å². The van der Waals surface area contributed by atoms with Crippen LogP contribution in [0.2, 0.25) is 0 Å². The maximum absolute atomic E-state index is 5.44. The van der Waals surface area contributed by atoms with Crippen LogP contribution < -0.4 is 34.5 Å². The molecule has 0 saturated carbocycles. The number of aryl methyl sites for hydroxylation is 1. The topological polar surface area (TPSA) is 29.9 Å². The van der Waals surface area contributed by atoms with Gasteiger partial charge >= 0.3 is 0 Å². The highest BCUT2D eigenvalue weighted by atomic mass is 127. The molecule has 0 aliphatic carbocycles. The molecule has 0 aliphatic heterocycles. The van der Waals surface area contributed by atoms with Gasteiger partial charge in [0.1, 0.15) is 0 Å². The monoisotopic (exact) mass is 236 g/mol. The minimum Gasteiger partial charge on any atom is -1.00 e. The molecule has 50 valence electrons. The van der Waals surface area contributed by atoms with Crippen molar-refractivity contribution in [1.29, 1.82) is 0 Å². The summed E-state index contributed by atoms with van der Waals surface area (Å²) < 4.78 is 1.58. The minimum absolute atomic E-state index is 0. The molecule has 0 aliphatic rings. The summed E-state index contributed by atoms with van der Waals surface area (Å²) in [6.07, 6.45) is 1.81. The Morgan fingerprint density at radius 3 is 2.44 bits per heavy atom. The third kappa shape index (κ3) is 2.17. The minimum atomic E-state index is 0. The number of nitrogens with two attached hydrogens (primary N) is 1. The van der Waals surface area contributed by atoms with Crippen molar-refractivity contribution in [1.82, 2.24) is 0 Å². The van der Waals surface area contributed by atoms with E-state index >= 15 is 0 Å². The van der Waals surface area contributed by atoms with Crippen LogP contribution in [-0.2, 0) is 0 Å². The van der Waals surface area contributed by atoms with Crippen LogP contribution in [-0.4, -0.2) is 0 Å². The van der Waals surface area contributed by atoms with Crippen molar-refractivity contribution >= 4 is 0 Å². The summed E-state index contributed by atoms with van der Waals surface area (Å²) in [6.45, 7) is 1.96. The molecule has 0 amide bonds. The zero-order valence-electron chi connectivity index (χ0n) is 5.21. The molecular formula is C6H9IN2. The Bertz CT molecular complexity index is 167. The average Bonchev–Trinajstić information content (AvgIpc) is 1.77. The predicted octanol–water partition coefficient (Wildman–Crippen LogP) is -3.00. The number of hydrogen-bond donors (Lipinski definition) is 1. The first-order valence-corrected chi connectivity index (χ1v) is 2.53. The van der Waals surface area contributed by atoms with Crippen LogP contribution in [0.25, 0.3) is 0 Å². The molecule has 0 atom stereocenters. The van der Waals surface area contributed by atoms with E-state index in [9.17, 15) is 0 Å². The van der Waals surface area contributed by atoms with Gasteiger partial charge in [-0.3, -0.25) is 0 Å². The lowest BCUT2D eigenvalue weighted by atomic mass is 10.4. The van der Waals surface area contributed by atoms with Crippen LogP contribution in [0.3, 0.4) is 0 Å². The van der Waals surface area contributed by atoms with Gasteiger partial charge in [0.05, 0.1) is 0 Å². The third-order valence-electron chi connectivity index (χ3n) is 1.10. The lowest BCUT2D eigenvalue weighted by Gasteiger charge is -1.85. The van der Waals surface area contributed by atoms with E-state index < -0.39 is 0 Å². The Kier molecular flexibility index (Phi) is 3.53. The molecule has 0 spiro atoms. The van der Waals surface area contributed by atoms with Crippen LogP contribution in [0.1, 0.15) is 5.69 Å². The highest BCUT2D eigenvalue weighted by Gasteiger charge is 1.93. The number of pyridine rings is 1. The lowest BCUT2D eigenvalue weighted by molar-refractivity contribution is -0.645. The van der Waals surface area contributed by atoms with Gasteiger partial charge in [0, 0.05) is 19.1 Å². The second kappa shape index (κ2) is 3.66. The quantitative estimate of drug-likeness (QED) is 0.290. The summed E-state index contributed by atoms with van der Waals surface area (Å²) in [7, 11) is 0. The molecule has 0 saturated heterocycles. The van der Waals surface area contributed by atoms with Gasteiger partial charge < -0.3 is 24.0 Å². The Hall–Kier alpha value is -0.320. The zero-order valence-corrected chi connectivity index (χ0v) is 7.37. The van der Waals surface area contributed by atoms with Crippen molar-refractivity contribution in [2.24, 2.45) is 0 Å². The van der Waals surface area contributed by atoms with Gasteiger partial charge in [-0.2, -0.15) is 0 Å². The van der Waals surface area contributed by atoms with Gasteiger partial charge in [0.2, 0.25) is 5.69 Å². The predicted molar refractivity (Wildman–Crippen MR) is 31.5 cm³/mol. The second-order valence-corrected chi connectivity index (χ2v) is 1.75. The molecular weight excluding hydrogens is 227 g/mol. The van der Waals surface area contributed by atoms with E-state index in [1.807, 2.05) is 31.3 Å². The molecule has 1 heterocycles. The smallest absolute Gasteiger partial charge is 0.208 e. The Labute approximate surface area is 71.7 Å². The maximum atomic E-state index is 5.44. The van der Waals surface area contributed by atoms with E-state index in [2.05, 4.69) is 0 Å². The zero-order chi connectivity index (χ0) is 5.98. The number of nitrogens with zero attached hydrogens (tertiary/aromatic N) is 1. The Morgan fingerprint density at radius 1 is 1.44 bits per heavy atom. The van der Waals surface area contributed by atoms with Gasteiger partial charge in [-0.25, -0.2) is 5.84 Å². The summed E-state index contributed by atoms with van der Waals surface area (Å²) in [5, 5.41) is 0. The molecule has 2 nitrogen and oxygen atoms in total. The molecule has 3 heteroatoms. The van der Waals surface area contributed by atoms with E-state index in [0.717, 1.165) is 5.69 Å². The van der Waals surface area contributed by atoms with Crippen LogP contribution in [0.15, 0.2) is 24.4 Å². The van der Waals surface area contributed by atoms with E-state index in [-0.39, 0.29) is 24.0 Å². The maximum Gasteiger partial charge on any atom is 0.208 e. The number of rotatable bonds is 0. The van der Waals surface area contributed by atoms with Crippen LogP contribution in [0, 0.1) is 6.92 Å². The molecule has 9 heavy (non-hydrogen) atoms. The normalized spacial score (nSPS) is 8.11. The third-order valence-corrected chi connectivity index (χ3v) is 1.10. The summed E-state index contributed by atoms with van der Waals surface area (Å²) in [6, 6.07) is 5.81. The first-order valence-electron chi connectivity index (χ1n) is 2.53. The second-order valence-electron chi connectivity index (χ2n) is 1.75. The highest BCUT2D eigenvalue weighted by molar-refractivity contribution is 4.93. The van der Waals surface area contributed by atoms with Crippen molar-refractivity contribution in [3.8, 4) is 0 Å². The molecule has 1 aromatic heterocycles. The molecule has 2 N–H and O–H groups in total. The van der Waals surface area contributed by atoms with E-state index in [0.29, 0.717) is 0 Å². The molecule has 0 fully saturated rings. The Balaban J connectivity index is 0.000000640. The van der Waals surface area contributed by atoms with Crippen LogP contribution in [0.5, 0.6) is 0 Å². The standard InChI is InChI=1S/C6H9N2.HI/c1-6-4-2-3-5-8(6)7;/h2-5H,7H2,1H3;1H/q+1;/p-1. The molecule has 1 aromatic rings. The number of hydrogen-bond acceptors (Lipinski definition) is 1. The van der Waals surface area contributed by atoms with Crippen molar-refractivity contribution in [2.75, 3.05) is 5.84 Å². The van der Waals surface area contributed by atoms with E-state index in [1.54, 1.807) is 4.68 Å². The van der Waals surface area contributed by atoms with Gasteiger partial charge in [-0.1, -0.05) is 4.68 Å². The Morgan fingerprint density at radius 2 is 2.11 bits per heavy atom. The van der Waals surface area contributed by atoms with Crippen molar-refractivity contribution in [3.05, 3.63) is 30.1 Å². The fourth-order valence-corrected chi connectivity index (χ4v) is 0.541. The fourth-order valence-electron chi connectivity index (χ4n) is 0.541. The summed E-state index contributed by atoms with van der Waals surface area (Å²) in [5.74, 6) is 5.44. The molecule has 0 radical (unpaired) electrons. The molecule has 0 unspecified atom stereocenters. The largest absolute Gasteiger partial charge is 1.00 e. The average molecular weight is 236 g/mol. The van der Waals surface area contributed by atoms with Gasteiger partial charge in [0.15, 0.2) is 6.20 Å². The van der Waals surface area contributed by atoms with Gasteiger partial charge in [-0.05, 0) is 6.07 Å². The fraction of sp³-hybridized carbons (Fsp3) is 0.167. The SMILES string of the molecule is Cc1cccc[n+]1N.[I-]. The lowest BCUT2D eigenvalue weighted by Crippen LogP contribution is -3.00. The highest BCUT2D eigenvalue weighted by Crippen LogP contribution is 1.82. The number of halogens is 1.